The van der Waals surface area contributed by atoms with Gasteiger partial charge < -0.3 is 19.3 Å². The van der Waals surface area contributed by atoms with E-state index in [9.17, 15) is 0 Å². The quantitative estimate of drug-likeness (QED) is 0.0961. The maximum Gasteiger partial charge on any atom is 0.126 e. The lowest BCUT2D eigenvalue weighted by Gasteiger charge is -2.28. The average Bonchev–Trinajstić information content (AvgIpc) is 3.31. The summed E-state index contributed by atoms with van der Waals surface area (Å²) in [6.07, 6.45) is 8.53. The van der Waals surface area contributed by atoms with Crippen LogP contribution in [0, 0.1) is 27.7 Å². The molecule has 0 N–H and O–H groups in total. The van der Waals surface area contributed by atoms with Crippen molar-refractivity contribution in [1.82, 2.24) is 0 Å². The molecule has 0 atom stereocenters. The molecule has 0 bridgehead atoms. The van der Waals surface area contributed by atoms with Gasteiger partial charge in [0.2, 0.25) is 0 Å². The first-order valence-corrected chi connectivity index (χ1v) is 22.2. The Labute approximate surface area is 380 Å². The second-order valence-corrected chi connectivity index (χ2v) is 16.1. The topological polar surface area (TPSA) is 24.9 Å². The molecule has 0 aromatic heterocycles. The number of aryl methyl sites for hydroxylation is 4. The molecule has 318 valence electrons. The predicted octanol–water partition coefficient (Wildman–Crippen LogP) is 16.7. The van der Waals surface area contributed by atoms with Crippen molar-refractivity contribution in [2.75, 3.05) is 23.0 Å². The number of para-hydroxylation sites is 2. The van der Waals surface area contributed by atoms with Crippen molar-refractivity contribution in [1.29, 1.82) is 0 Å². The molecule has 8 aromatic rings. The summed E-state index contributed by atoms with van der Waals surface area (Å²) < 4.78 is 11.7. The summed E-state index contributed by atoms with van der Waals surface area (Å²) >= 11 is 0. The summed E-state index contributed by atoms with van der Waals surface area (Å²) in [5.41, 5.74) is 18.3. The Bertz CT molecular complexity index is 2670. The van der Waals surface area contributed by atoms with E-state index in [0.29, 0.717) is 13.2 Å². The van der Waals surface area contributed by atoms with Crippen molar-refractivity contribution in [2.24, 2.45) is 0 Å². The molecular formula is C60H56N2O2. The van der Waals surface area contributed by atoms with Crippen LogP contribution < -0.4 is 19.3 Å². The second-order valence-electron chi connectivity index (χ2n) is 16.1. The van der Waals surface area contributed by atoms with Crippen LogP contribution in [0.15, 0.2) is 182 Å². The SMILES string of the molecule is CCOc1ccccc1/C=C/c1ccc(N(c2ccc(-c3ccc(N(c4ccc(/C=C/c5ccccc5OCC)cc4)c4ccc(C)cc4C)cc3)cc2)c2ccc(C)cc2C)cc1. The molecule has 0 saturated heterocycles. The number of hydrogen-bond acceptors (Lipinski definition) is 4. The molecule has 0 aliphatic rings. The third-order valence-electron chi connectivity index (χ3n) is 11.4. The van der Waals surface area contributed by atoms with Crippen molar-refractivity contribution >= 4 is 58.4 Å². The lowest BCUT2D eigenvalue weighted by Crippen LogP contribution is -2.11. The van der Waals surface area contributed by atoms with E-state index < -0.39 is 0 Å². The van der Waals surface area contributed by atoms with Gasteiger partial charge in [0.25, 0.3) is 0 Å². The molecule has 0 amide bonds. The minimum atomic E-state index is 0.635. The van der Waals surface area contributed by atoms with Crippen LogP contribution >= 0.6 is 0 Å². The van der Waals surface area contributed by atoms with E-state index >= 15 is 0 Å². The molecule has 8 aromatic carbocycles. The normalized spacial score (nSPS) is 11.3. The Kier molecular flexibility index (Phi) is 13.5. The fraction of sp³-hybridized carbons (Fsp3) is 0.133. The number of benzene rings is 8. The van der Waals surface area contributed by atoms with Crippen LogP contribution in [0.3, 0.4) is 0 Å². The van der Waals surface area contributed by atoms with Gasteiger partial charge in [-0.3, -0.25) is 0 Å². The standard InChI is InChI=1S/C60H56N2O2/c1-7-63-59-15-11-9-13-51(59)25-19-47-21-31-53(32-22-47)61(57-39-17-43(3)41-45(57)5)55-35-27-49(28-36-55)50-29-37-56(38-30-50)62(58-40-18-44(4)42-46(58)6)54-33-23-48(24-34-54)20-26-52-14-10-12-16-60(52)64-8-2/h9-42H,7-8H2,1-6H3/b25-19+,26-20+. The highest BCUT2D eigenvalue weighted by Crippen LogP contribution is 2.40. The van der Waals surface area contributed by atoms with Crippen LogP contribution in [0.25, 0.3) is 35.4 Å². The van der Waals surface area contributed by atoms with Crippen molar-refractivity contribution in [3.63, 3.8) is 0 Å². The Morgan fingerprint density at radius 1 is 0.375 bits per heavy atom. The number of hydrogen-bond donors (Lipinski definition) is 0. The average molecular weight is 837 g/mol. The van der Waals surface area contributed by atoms with Crippen LogP contribution in [0.1, 0.15) is 58.4 Å². The zero-order valence-electron chi connectivity index (χ0n) is 37.8. The van der Waals surface area contributed by atoms with Crippen molar-refractivity contribution in [3.8, 4) is 22.6 Å². The molecule has 0 unspecified atom stereocenters. The van der Waals surface area contributed by atoms with Crippen LogP contribution in [-0.4, -0.2) is 13.2 Å². The van der Waals surface area contributed by atoms with Crippen LogP contribution in [0.4, 0.5) is 34.1 Å². The first-order valence-electron chi connectivity index (χ1n) is 22.2. The smallest absolute Gasteiger partial charge is 0.126 e. The van der Waals surface area contributed by atoms with Gasteiger partial charge in [-0.2, -0.15) is 0 Å². The number of rotatable bonds is 15. The summed E-state index contributed by atoms with van der Waals surface area (Å²) in [4.78, 5) is 4.70. The fourth-order valence-electron chi connectivity index (χ4n) is 8.22. The summed E-state index contributed by atoms with van der Waals surface area (Å²) in [5.74, 6) is 1.79. The van der Waals surface area contributed by atoms with Gasteiger partial charge in [0.15, 0.2) is 0 Å². The van der Waals surface area contributed by atoms with Crippen LogP contribution in [0.2, 0.25) is 0 Å². The second kappa shape index (κ2) is 20.1. The Morgan fingerprint density at radius 2 is 0.719 bits per heavy atom. The first kappa shape index (κ1) is 43.1. The zero-order chi connectivity index (χ0) is 44.4. The Balaban J connectivity index is 1.06. The lowest BCUT2D eigenvalue weighted by atomic mass is 10.0. The maximum atomic E-state index is 5.85. The molecule has 0 heterocycles. The third kappa shape index (κ3) is 10.0. The highest BCUT2D eigenvalue weighted by molar-refractivity contribution is 5.84. The van der Waals surface area contributed by atoms with E-state index in [0.717, 1.165) is 79.0 Å². The van der Waals surface area contributed by atoms with Gasteiger partial charge in [0, 0.05) is 45.3 Å². The summed E-state index contributed by atoms with van der Waals surface area (Å²) in [6.45, 7) is 14.0. The minimum absolute atomic E-state index is 0.635. The Morgan fingerprint density at radius 3 is 1.06 bits per heavy atom. The third-order valence-corrected chi connectivity index (χ3v) is 11.4. The molecule has 0 aliphatic carbocycles. The largest absolute Gasteiger partial charge is 0.493 e. The number of ether oxygens (including phenoxy) is 2. The van der Waals surface area contributed by atoms with Crippen molar-refractivity contribution < 1.29 is 9.47 Å². The monoisotopic (exact) mass is 836 g/mol. The van der Waals surface area contributed by atoms with Crippen LogP contribution in [0.5, 0.6) is 11.5 Å². The van der Waals surface area contributed by atoms with E-state index in [1.807, 2.05) is 50.2 Å². The highest BCUT2D eigenvalue weighted by Gasteiger charge is 2.17. The van der Waals surface area contributed by atoms with Crippen molar-refractivity contribution in [2.45, 2.75) is 41.5 Å². The Hall–Kier alpha value is -7.56. The molecule has 4 nitrogen and oxygen atoms in total. The van der Waals surface area contributed by atoms with Gasteiger partial charge in [0.05, 0.1) is 13.2 Å². The van der Waals surface area contributed by atoms with Gasteiger partial charge in [-0.1, -0.05) is 145 Å². The summed E-state index contributed by atoms with van der Waals surface area (Å²) in [6, 6.07) is 65.0. The molecule has 64 heavy (non-hydrogen) atoms. The zero-order valence-corrected chi connectivity index (χ0v) is 37.8. The number of nitrogens with zero attached hydrogens (tertiary/aromatic N) is 2. The maximum absolute atomic E-state index is 5.85. The molecule has 0 aliphatic heterocycles. The van der Waals surface area contributed by atoms with Crippen molar-refractivity contribution in [3.05, 3.63) is 226 Å². The van der Waals surface area contributed by atoms with Gasteiger partial charge in [-0.15, -0.1) is 0 Å². The predicted molar refractivity (Wildman–Crippen MR) is 273 cm³/mol. The summed E-state index contributed by atoms with van der Waals surface area (Å²) in [5, 5.41) is 0. The molecule has 0 radical (unpaired) electrons. The van der Waals surface area contributed by atoms with Gasteiger partial charge >= 0.3 is 0 Å². The molecule has 0 fully saturated rings. The minimum Gasteiger partial charge on any atom is -0.493 e. The van der Waals surface area contributed by atoms with E-state index in [2.05, 4.69) is 207 Å². The number of anilines is 6. The molecule has 0 spiro atoms. The van der Waals surface area contributed by atoms with E-state index in [1.165, 1.54) is 22.3 Å². The molecule has 0 saturated carbocycles. The summed E-state index contributed by atoms with van der Waals surface area (Å²) in [7, 11) is 0. The molecule has 4 heteroatoms. The van der Waals surface area contributed by atoms with Gasteiger partial charge in [-0.05, 0) is 148 Å². The van der Waals surface area contributed by atoms with Gasteiger partial charge in [-0.25, -0.2) is 0 Å². The first-order chi connectivity index (χ1) is 31.3. The fourth-order valence-corrected chi connectivity index (χ4v) is 8.22. The van der Waals surface area contributed by atoms with E-state index in [-0.39, 0.29) is 0 Å². The van der Waals surface area contributed by atoms with Gasteiger partial charge in [0.1, 0.15) is 11.5 Å². The highest BCUT2D eigenvalue weighted by atomic mass is 16.5. The van der Waals surface area contributed by atoms with Crippen LogP contribution in [-0.2, 0) is 0 Å². The lowest BCUT2D eigenvalue weighted by molar-refractivity contribution is 0.339. The van der Waals surface area contributed by atoms with E-state index in [1.54, 1.807) is 0 Å². The molecular weight excluding hydrogens is 781 g/mol. The van der Waals surface area contributed by atoms with E-state index in [4.69, 9.17) is 9.47 Å². The molecule has 8 rings (SSSR count).